The highest BCUT2D eigenvalue weighted by Crippen LogP contribution is 2.69. The summed E-state index contributed by atoms with van der Waals surface area (Å²) in [4.78, 5) is 135. The molecule has 10 N–H and O–H groups in total. The smallest absolute Gasteiger partial charge is 0.409 e. The molecule has 3 saturated carbocycles. The van der Waals surface area contributed by atoms with Gasteiger partial charge in [-0.3, -0.25) is 43.4 Å². The molecule has 6 aromatic rings. The minimum atomic E-state index is -4.25. The molecule has 5 unspecified atom stereocenters. The number of aliphatic hydroxyl groups is 3. The molecule has 6 amide bonds. The largest absolute Gasteiger partial charge is 0.493 e. The number of unbranched alkanes of at least 4 members (excludes halogenated alkanes) is 2. The number of carboxylic acid groups (broad SMARTS) is 2. The standard InChI is InChI=1S/C76H91N10O21PS/c1-44-49(47-18-21-58(81-63(47)69(95)96)84-30-26-46-50(39-84)48(17-20-54(46)103-33-11-35-108(100,101)102)68(94)82-72-80-52-13-7-8-14-57(52)109-72)38-78-86(44)43-76-41-74(2)27-24-51(76)56(37-75(3,40-74)42-76)104-34-31-83(4)73(99)105-32-10-12-45-16-19-55(106-71-66(93)64(91)65(92)67(107-71)70(97)98)53(36-45)79-60(88)25-28-77-59(87)15-6-5-9-29-85-61(89)22-23-62(85)90/h7-8,10,12-14,16-23,36,38,51,56,64-67,71,91-93H,5-6,9,11,15,24-35,37,39-43H2,1-4H3,(H,77,87)(H,79,88)(H,95,96)(H,97,98)(H,80,82,94)(H2,100,101,102)/b12-10+/t51?,56?,64-,65-,66+,67-,71+,74?,75?,76?/m0/s1. The van der Waals surface area contributed by atoms with Gasteiger partial charge in [0.1, 0.15) is 42.2 Å². The second-order valence-electron chi connectivity index (χ2n) is 29.8. The van der Waals surface area contributed by atoms with Crippen molar-refractivity contribution in [2.24, 2.45) is 22.2 Å². The Morgan fingerprint density at radius 1 is 0.835 bits per heavy atom. The number of carboxylic acids is 2. The number of nitrogens with zero attached hydrogens (tertiary/aromatic N) is 7. The molecule has 4 fully saturated rings. The number of carbonyl (C=O) groups is 8. The Bertz CT molecular complexity index is 4530. The molecule has 12 rings (SSSR count). The SMILES string of the molecule is Cc1c(-c2ccc(N3CCc4c(OCCCP(=O)(O)O)ccc(C(=O)Nc5nc6ccccc6s5)c4C3)nc2C(=O)O)cnn1CC12CC3(C)CCC1C(OCCN(C)C(=O)OC/C=C/c1ccc(O[C@@H]4O[C@H](C(=O)O)[C@@H](O)[C@H](O)[C@H]4O)c(NC(=O)CCNC(=O)CCCCCN4C(=O)C=CC4=O)c1)CC(C)(C3)C2. The van der Waals surface area contributed by atoms with E-state index in [1.165, 1.54) is 40.5 Å². The Balaban J connectivity index is 0.666. The van der Waals surface area contributed by atoms with Crippen LogP contribution in [0.1, 0.15) is 134 Å². The van der Waals surface area contributed by atoms with Crippen LogP contribution in [0.15, 0.2) is 91.2 Å². The van der Waals surface area contributed by atoms with Gasteiger partial charge in [-0.2, -0.15) is 5.10 Å². The van der Waals surface area contributed by atoms with Crippen LogP contribution in [0.3, 0.4) is 0 Å². The van der Waals surface area contributed by atoms with Crippen LogP contribution in [0, 0.1) is 29.1 Å². The van der Waals surface area contributed by atoms with Gasteiger partial charge in [-0.25, -0.2) is 24.4 Å². The number of amides is 6. The van der Waals surface area contributed by atoms with Crippen molar-refractivity contribution in [3.8, 4) is 22.6 Å². The minimum Gasteiger partial charge on any atom is -0.493 e. The van der Waals surface area contributed by atoms with Crippen molar-refractivity contribution in [2.45, 2.75) is 154 Å². The van der Waals surface area contributed by atoms with Crippen LogP contribution in [-0.4, -0.2) is 208 Å². The van der Waals surface area contributed by atoms with E-state index in [1.807, 2.05) is 40.8 Å². The lowest BCUT2D eigenvalue weighted by Crippen LogP contribution is -2.61. The van der Waals surface area contributed by atoms with Crippen molar-refractivity contribution in [2.75, 3.05) is 74.7 Å². The van der Waals surface area contributed by atoms with Gasteiger partial charge in [0, 0.05) is 99.3 Å². The Morgan fingerprint density at radius 2 is 1.61 bits per heavy atom. The summed E-state index contributed by atoms with van der Waals surface area (Å²) < 4.78 is 44.3. The molecule has 6 heterocycles. The number of likely N-dealkylation sites (N-methyl/N-ethyl adjacent to an activating group) is 1. The third kappa shape index (κ3) is 18.5. The molecule has 6 aliphatic rings. The number of aliphatic hydroxyl groups excluding tert-OH is 3. The summed E-state index contributed by atoms with van der Waals surface area (Å²) in [6, 6.07) is 18.8. The van der Waals surface area contributed by atoms with Crippen LogP contribution in [-0.2, 0) is 62.3 Å². The predicted molar refractivity (Wildman–Crippen MR) is 398 cm³/mol. The van der Waals surface area contributed by atoms with Gasteiger partial charge in [-0.05, 0) is 159 Å². The lowest BCUT2D eigenvalue weighted by molar-refractivity contribution is -0.271. The van der Waals surface area contributed by atoms with E-state index in [-0.39, 0.29) is 135 Å². The van der Waals surface area contributed by atoms with Crippen molar-refractivity contribution >= 4 is 99.4 Å². The Hall–Kier alpha value is -9.50. The van der Waals surface area contributed by atoms with Gasteiger partial charge in [-0.1, -0.05) is 55.9 Å². The average Bonchev–Trinajstić information content (AvgIpc) is 1.17. The number of carbonyl (C=O) groups excluding carboxylic acids is 6. The quantitative estimate of drug-likeness (QED) is 0.0110. The molecule has 0 radical (unpaired) electrons. The number of hydrogen-bond donors (Lipinski definition) is 10. The third-order valence-corrected chi connectivity index (χ3v) is 23.4. The van der Waals surface area contributed by atoms with Crippen LogP contribution in [0.4, 0.5) is 21.4 Å². The van der Waals surface area contributed by atoms with Crippen LogP contribution >= 0.6 is 18.9 Å². The monoisotopic (exact) mass is 1540 g/mol. The number of nitrogens with one attached hydrogen (secondary N) is 3. The number of rotatable bonds is 32. The number of aromatic carboxylic acids is 1. The number of benzene rings is 3. The molecule has 3 aliphatic heterocycles. The molecule has 3 aromatic carbocycles. The predicted octanol–water partition coefficient (Wildman–Crippen LogP) is 7.69. The first-order valence-electron chi connectivity index (χ1n) is 36.5. The van der Waals surface area contributed by atoms with Crippen LogP contribution in [0.5, 0.6) is 11.5 Å². The zero-order valence-electron chi connectivity index (χ0n) is 60.9. The average molecular weight is 1540 g/mol. The lowest BCUT2D eigenvalue weighted by Gasteiger charge is -2.66. The molecular formula is C76H91N10O21PS. The van der Waals surface area contributed by atoms with Gasteiger partial charge in [-0.15, -0.1) is 0 Å². The van der Waals surface area contributed by atoms with Crippen LogP contribution in [0.2, 0.25) is 0 Å². The first-order valence-corrected chi connectivity index (χ1v) is 39.1. The van der Waals surface area contributed by atoms with Crippen molar-refractivity contribution in [1.82, 2.24) is 34.9 Å². The highest BCUT2D eigenvalue weighted by Gasteiger charge is 2.63. The number of imide groups is 1. The molecule has 582 valence electrons. The van der Waals surface area contributed by atoms with E-state index in [1.54, 1.807) is 55.7 Å². The van der Waals surface area contributed by atoms with Crippen LogP contribution < -0.4 is 30.3 Å². The highest BCUT2D eigenvalue weighted by molar-refractivity contribution is 7.51. The van der Waals surface area contributed by atoms with Gasteiger partial charge < -0.3 is 79.4 Å². The number of fused-ring (bicyclic) bond motifs is 4. The zero-order valence-corrected chi connectivity index (χ0v) is 62.6. The van der Waals surface area contributed by atoms with Gasteiger partial charge >= 0.3 is 25.6 Å². The number of hydrogen-bond acceptors (Lipinski definition) is 22. The Kier molecular flexibility index (Phi) is 24.2. The highest BCUT2D eigenvalue weighted by atomic mass is 32.1. The molecule has 33 heteroatoms. The first-order chi connectivity index (χ1) is 51.9. The van der Waals surface area contributed by atoms with Gasteiger partial charge in [0.05, 0.1) is 47.6 Å². The van der Waals surface area contributed by atoms with Crippen LogP contribution in [0.25, 0.3) is 27.4 Å². The molecule has 1 saturated heterocycles. The molecular weight excluding hydrogens is 1450 g/mol. The molecule has 10 atom stereocenters. The van der Waals surface area contributed by atoms with E-state index in [4.69, 9.17) is 33.8 Å². The van der Waals surface area contributed by atoms with Crippen molar-refractivity contribution in [1.29, 1.82) is 0 Å². The summed E-state index contributed by atoms with van der Waals surface area (Å²) in [5, 5.41) is 65.7. The summed E-state index contributed by atoms with van der Waals surface area (Å²) >= 11 is 1.34. The number of aromatic nitrogens is 4. The minimum absolute atomic E-state index is 0.0139. The van der Waals surface area contributed by atoms with Crippen molar-refractivity contribution in [3.63, 3.8) is 0 Å². The number of ether oxygens (including phenoxy) is 5. The second-order valence-corrected chi connectivity index (χ2v) is 32.7. The summed E-state index contributed by atoms with van der Waals surface area (Å²) in [5.41, 5.74) is 4.33. The topological polar surface area (TPSA) is 431 Å². The third-order valence-electron chi connectivity index (χ3n) is 21.5. The molecule has 109 heavy (non-hydrogen) atoms. The fraction of sp³-hybridized carbons (Fsp3) is 0.487. The van der Waals surface area contributed by atoms with E-state index in [2.05, 4.69) is 34.8 Å². The second kappa shape index (κ2) is 33.4. The van der Waals surface area contributed by atoms with Crippen molar-refractivity contribution < 1.29 is 102 Å². The molecule has 3 bridgehead atoms. The number of thiazole rings is 1. The fourth-order valence-corrected chi connectivity index (χ4v) is 18.2. The molecule has 3 aliphatic carbocycles. The normalized spacial score (nSPS) is 24.3. The van der Waals surface area contributed by atoms with Gasteiger partial charge in [0.2, 0.25) is 18.1 Å². The molecule has 31 nitrogen and oxygen atoms in total. The number of aliphatic carboxylic acids is 1. The molecule has 3 aromatic heterocycles. The van der Waals surface area contributed by atoms with E-state index in [0.29, 0.717) is 83.3 Å². The zero-order chi connectivity index (χ0) is 77.7. The lowest BCUT2D eigenvalue weighted by atomic mass is 9.40. The van der Waals surface area contributed by atoms with E-state index >= 15 is 0 Å². The summed E-state index contributed by atoms with van der Waals surface area (Å²) in [7, 11) is -2.64. The summed E-state index contributed by atoms with van der Waals surface area (Å²) in [6.07, 6.45) is 4.20. The van der Waals surface area contributed by atoms with Crippen molar-refractivity contribution in [3.05, 3.63) is 125 Å². The Labute approximate surface area is 631 Å². The van der Waals surface area contributed by atoms with E-state index < -0.39 is 68.1 Å². The Morgan fingerprint density at radius 3 is 2.37 bits per heavy atom. The summed E-state index contributed by atoms with van der Waals surface area (Å²) in [6.45, 7) is 8.26. The first kappa shape index (κ1) is 79.1. The van der Waals surface area contributed by atoms with Gasteiger partial charge in [0.25, 0.3) is 17.7 Å². The van der Waals surface area contributed by atoms with E-state index in [9.17, 15) is 78.2 Å². The number of para-hydroxylation sites is 1. The maximum absolute atomic E-state index is 14.2. The number of anilines is 3. The van der Waals surface area contributed by atoms with Gasteiger partial charge in [0.15, 0.2) is 16.9 Å². The maximum Gasteiger partial charge on any atom is 0.409 e. The fourth-order valence-electron chi connectivity index (χ4n) is 16.8. The maximum atomic E-state index is 14.2. The number of pyridine rings is 1. The summed E-state index contributed by atoms with van der Waals surface area (Å²) in [5.74, 6) is -4.05. The molecule has 0 spiro atoms. The van der Waals surface area contributed by atoms with E-state index in [0.717, 1.165) is 64.9 Å².